The van der Waals surface area contributed by atoms with Crippen molar-refractivity contribution < 1.29 is 9.21 Å². The van der Waals surface area contributed by atoms with E-state index in [1.165, 1.54) is 0 Å². The quantitative estimate of drug-likeness (QED) is 0.799. The SMILES string of the molecule is CCC(C)NC(=O)C(C)N[C@H](C)c1ccco1. The molecule has 1 aromatic rings. The fraction of sp³-hybridized carbons (Fsp3) is 0.615. The third-order valence-electron chi connectivity index (χ3n) is 2.86. The van der Waals surface area contributed by atoms with Crippen LogP contribution in [-0.4, -0.2) is 18.0 Å². The zero-order valence-corrected chi connectivity index (χ0v) is 11.0. The Morgan fingerprint density at radius 1 is 1.41 bits per heavy atom. The van der Waals surface area contributed by atoms with Crippen LogP contribution in [-0.2, 0) is 4.79 Å². The van der Waals surface area contributed by atoms with Gasteiger partial charge in [0.1, 0.15) is 5.76 Å². The maximum Gasteiger partial charge on any atom is 0.237 e. The van der Waals surface area contributed by atoms with Gasteiger partial charge < -0.3 is 9.73 Å². The first kappa shape index (κ1) is 13.8. The van der Waals surface area contributed by atoms with Crippen molar-refractivity contribution >= 4 is 5.91 Å². The smallest absolute Gasteiger partial charge is 0.237 e. The van der Waals surface area contributed by atoms with Crippen LogP contribution in [0.25, 0.3) is 0 Å². The third kappa shape index (κ3) is 4.23. The maximum atomic E-state index is 11.8. The first-order valence-electron chi connectivity index (χ1n) is 6.14. The van der Waals surface area contributed by atoms with Crippen LogP contribution in [0.1, 0.15) is 45.9 Å². The summed E-state index contributed by atoms with van der Waals surface area (Å²) in [5.74, 6) is 0.867. The van der Waals surface area contributed by atoms with Gasteiger partial charge in [0.15, 0.2) is 0 Å². The summed E-state index contributed by atoms with van der Waals surface area (Å²) in [5, 5.41) is 6.15. The second-order valence-corrected chi connectivity index (χ2v) is 4.44. The normalized spacial score (nSPS) is 16.2. The van der Waals surface area contributed by atoms with Crippen molar-refractivity contribution in [2.24, 2.45) is 0 Å². The summed E-state index contributed by atoms with van der Waals surface area (Å²) < 4.78 is 5.28. The molecule has 2 unspecified atom stereocenters. The standard InChI is InChI=1S/C13H22N2O2/c1-5-9(2)14-13(16)11(4)15-10(3)12-7-6-8-17-12/h6-11,15H,5H2,1-4H3,(H,14,16)/t9?,10-,11?/m1/s1. The van der Waals surface area contributed by atoms with Gasteiger partial charge in [0.2, 0.25) is 5.91 Å². The lowest BCUT2D eigenvalue weighted by Crippen LogP contribution is -2.45. The van der Waals surface area contributed by atoms with Gasteiger partial charge in [-0.15, -0.1) is 0 Å². The Kier molecular flexibility index (Phi) is 5.22. The molecule has 2 N–H and O–H groups in total. The van der Waals surface area contributed by atoms with Crippen molar-refractivity contribution in [3.63, 3.8) is 0 Å². The van der Waals surface area contributed by atoms with Crippen molar-refractivity contribution in [3.8, 4) is 0 Å². The van der Waals surface area contributed by atoms with Gasteiger partial charge in [-0.1, -0.05) is 6.92 Å². The Morgan fingerprint density at radius 3 is 2.65 bits per heavy atom. The third-order valence-corrected chi connectivity index (χ3v) is 2.86. The van der Waals surface area contributed by atoms with Crippen molar-refractivity contribution in [1.82, 2.24) is 10.6 Å². The van der Waals surface area contributed by atoms with Crippen LogP contribution in [0.15, 0.2) is 22.8 Å². The molecule has 0 radical (unpaired) electrons. The molecule has 0 aliphatic carbocycles. The number of hydrogen-bond acceptors (Lipinski definition) is 3. The highest BCUT2D eigenvalue weighted by Crippen LogP contribution is 2.12. The molecule has 96 valence electrons. The van der Waals surface area contributed by atoms with Gasteiger partial charge in [-0.25, -0.2) is 0 Å². The largest absolute Gasteiger partial charge is 0.468 e. The topological polar surface area (TPSA) is 54.3 Å². The predicted octanol–water partition coefficient (Wildman–Crippen LogP) is 2.23. The number of carbonyl (C=O) groups excluding carboxylic acids is 1. The number of furan rings is 1. The monoisotopic (exact) mass is 238 g/mol. The van der Waals surface area contributed by atoms with Crippen LogP contribution in [0.5, 0.6) is 0 Å². The number of nitrogens with one attached hydrogen (secondary N) is 2. The molecule has 3 atom stereocenters. The molecule has 1 amide bonds. The molecule has 0 spiro atoms. The lowest BCUT2D eigenvalue weighted by Gasteiger charge is -2.20. The van der Waals surface area contributed by atoms with E-state index in [1.807, 2.05) is 32.9 Å². The summed E-state index contributed by atoms with van der Waals surface area (Å²) in [6.45, 7) is 7.89. The molecule has 0 saturated carbocycles. The number of hydrogen-bond donors (Lipinski definition) is 2. The van der Waals surface area contributed by atoms with Crippen molar-refractivity contribution in [3.05, 3.63) is 24.2 Å². The Bertz CT molecular complexity index is 335. The molecule has 4 heteroatoms. The summed E-state index contributed by atoms with van der Waals surface area (Å²) in [6, 6.07) is 3.76. The first-order valence-corrected chi connectivity index (χ1v) is 6.14. The van der Waals surface area contributed by atoms with Crippen LogP contribution in [0.2, 0.25) is 0 Å². The minimum atomic E-state index is -0.232. The molecule has 0 aliphatic rings. The minimum Gasteiger partial charge on any atom is -0.468 e. The molecule has 4 nitrogen and oxygen atoms in total. The van der Waals surface area contributed by atoms with E-state index < -0.39 is 0 Å². The van der Waals surface area contributed by atoms with Crippen LogP contribution >= 0.6 is 0 Å². The van der Waals surface area contributed by atoms with E-state index in [4.69, 9.17) is 4.42 Å². The zero-order valence-electron chi connectivity index (χ0n) is 11.0. The summed E-state index contributed by atoms with van der Waals surface area (Å²) in [4.78, 5) is 11.8. The molecule has 0 fully saturated rings. The Balaban J connectivity index is 2.43. The number of rotatable bonds is 6. The summed E-state index contributed by atoms with van der Waals surface area (Å²) in [5.41, 5.74) is 0. The highest BCUT2D eigenvalue weighted by molar-refractivity contribution is 5.81. The molecule has 0 saturated heterocycles. The second kappa shape index (κ2) is 6.45. The summed E-state index contributed by atoms with van der Waals surface area (Å²) in [7, 11) is 0. The van der Waals surface area contributed by atoms with Gasteiger partial charge in [-0.3, -0.25) is 10.1 Å². The lowest BCUT2D eigenvalue weighted by molar-refractivity contribution is -0.123. The second-order valence-electron chi connectivity index (χ2n) is 4.44. The summed E-state index contributed by atoms with van der Waals surface area (Å²) in [6.07, 6.45) is 2.57. The zero-order chi connectivity index (χ0) is 12.8. The molecule has 0 bridgehead atoms. The van der Waals surface area contributed by atoms with E-state index in [2.05, 4.69) is 17.6 Å². The van der Waals surface area contributed by atoms with Gasteiger partial charge in [0.25, 0.3) is 0 Å². The molecule has 0 aliphatic heterocycles. The lowest BCUT2D eigenvalue weighted by atomic mass is 10.2. The number of amides is 1. The summed E-state index contributed by atoms with van der Waals surface area (Å²) >= 11 is 0. The van der Waals surface area contributed by atoms with Crippen molar-refractivity contribution in [2.45, 2.75) is 52.2 Å². The molecule has 1 rings (SSSR count). The van der Waals surface area contributed by atoms with E-state index in [9.17, 15) is 4.79 Å². The Hall–Kier alpha value is -1.29. The maximum absolute atomic E-state index is 11.8. The number of carbonyl (C=O) groups is 1. The fourth-order valence-corrected chi connectivity index (χ4v) is 1.54. The van der Waals surface area contributed by atoms with Crippen molar-refractivity contribution in [1.29, 1.82) is 0 Å². The van der Waals surface area contributed by atoms with E-state index in [0.717, 1.165) is 12.2 Å². The highest BCUT2D eigenvalue weighted by atomic mass is 16.3. The molecular weight excluding hydrogens is 216 g/mol. The molecule has 17 heavy (non-hydrogen) atoms. The van der Waals surface area contributed by atoms with Gasteiger partial charge in [0, 0.05) is 6.04 Å². The van der Waals surface area contributed by atoms with Gasteiger partial charge in [0.05, 0.1) is 18.3 Å². The minimum absolute atomic E-state index is 0.0257. The van der Waals surface area contributed by atoms with Gasteiger partial charge >= 0.3 is 0 Å². The Labute approximate surface area is 103 Å². The molecule has 0 aromatic carbocycles. The van der Waals surface area contributed by atoms with Gasteiger partial charge in [-0.05, 0) is 39.3 Å². The van der Waals surface area contributed by atoms with E-state index >= 15 is 0 Å². The van der Waals surface area contributed by atoms with Crippen LogP contribution in [0, 0.1) is 0 Å². The highest BCUT2D eigenvalue weighted by Gasteiger charge is 2.18. The Morgan fingerprint density at radius 2 is 2.12 bits per heavy atom. The predicted molar refractivity (Wildman–Crippen MR) is 67.6 cm³/mol. The first-order chi connectivity index (χ1) is 8.04. The molecular formula is C13H22N2O2. The van der Waals surface area contributed by atoms with Crippen LogP contribution < -0.4 is 10.6 Å². The van der Waals surface area contributed by atoms with E-state index in [1.54, 1.807) is 6.26 Å². The average molecular weight is 238 g/mol. The fourth-order valence-electron chi connectivity index (χ4n) is 1.54. The van der Waals surface area contributed by atoms with Crippen LogP contribution in [0.4, 0.5) is 0 Å². The van der Waals surface area contributed by atoms with Crippen molar-refractivity contribution in [2.75, 3.05) is 0 Å². The molecule has 1 aromatic heterocycles. The molecule has 1 heterocycles. The van der Waals surface area contributed by atoms with E-state index in [0.29, 0.717) is 0 Å². The van der Waals surface area contributed by atoms with E-state index in [-0.39, 0.29) is 24.0 Å². The average Bonchev–Trinajstić information content (AvgIpc) is 2.82. The van der Waals surface area contributed by atoms with Gasteiger partial charge in [-0.2, -0.15) is 0 Å². The van der Waals surface area contributed by atoms with Crippen LogP contribution in [0.3, 0.4) is 0 Å².